The summed E-state index contributed by atoms with van der Waals surface area (Å²) in [7, 11) is 0. The van der Waals surface area contributed by atoms with E-state index in [-0.39, 0.29) is 64.8 Å². The molecule has 0 rings (SSSR count). The van der Waals surface area contributed by atoms with Crippen molar-refractivity contribution in [1.82, 2.24) is 0 Å². The van der Waals surface area contributed by atoms with E-state index >= 15 is 0 Å². The van der Waals surface area contributed by atoms with Crippen LogP contribution in [0.25, 0.3) is 0 Å². The first kappa shape index (κ1) is 85.3. The van der Waals surface area contributed by atoms with Crippen molar-refractivity contribution >= 4 is 0 Å². The molecule has 0 N–H and O–H groups in total. The van der Waals surface area contributed by atoms with Gasteiger partial charge in [0.05, 0.1) is 0 Å². The molecule has 31 valence electrons. The second-order valence-corrected chi connectivity index (χ2v) is 0. The van der Waals surface area contributed by atoms with Gasteiger partial charge in [0, 0.05) is 0 Å². The first-order valence-corrected chi connectivity index (χ1v) is 0. The molecule has 0 aliphatic carbocycles. The molecule has 0 aromatic rings. The quantitative estimate of drug-likeness (QED) is 0.331. The van der Waals surface area contributed by atoms with Gasteiger partial charge in [-0.15, -0.1) is 0 Å². The second-order valence-electron chi connectivity index (χ2n) is 0. The molecule has 0 saturated carbocycles. The maximum Gasteiger partial charge on any atom is 2.00 e. The van der Waals surface area contributed by atoms with E-state index in [9.17, 15) is 0 Å². The number of rotatable bonds is 0. The molecule has 0 aliphatic rings. The van der Waals surface area contributed by atoms with E-state index in [1.165, 1.54) is 0 Å². The molecule has 0 atom stereocenters. The fourth-order valence-corrected chi connectivity index (χ4v) is 0. The number of hydrogen-bond acceptors (Lipinski definition) is 0. The Morgan fingerprint density at radius 2 is 1.00 bits per heavy atom. The Balaban J connectivity index is 0. The summed E-state index contributed by atoms with van der Waals surface area (Å²) in [4.78, 5) is 0. The zero-order valence-corrected chi connectivity index (χ0v) is 4.68. The maximum atomic E-state index is 0. The van der Waals surface area contributed by atoms with Crippen LogP contribution in [0, 0.1) is 0 Å². The third-order valence-corrected chi connectivity index (χ3v) is 0. The summed E-state index contributed by atoms with van der Waals surface area (Å²) in [6.45, 7) is 0. The molecule has 0 aromatic heterocycles. The first-order valence-electron chi connectivity index (χ1n) is 0. The molecule has 0 amide bonds. The van der Waals surface area contributed by atoms with E-state index in [4.69, 9.17) is 0 Å². The Bertz CT molecular complexity index is 13.5. The average molecular weight is 154 g/mol. The molecule has 0 spiro atoms. The minimum atomic E-state index is 0. The topological polar surface area (TPSA) is 57.0 Å². The number of hydrogen-bond donors (Lipinski definition) is 0. The Morgan fingerprint density at radius 1 is 1.00 bits per heavy atom. The Hall–Kier alpha value is 1.53. The van der Waals surface area contributed by atoms with E-state index in [2.05, 4.69) is 0 Å². The Kier molecular flexibility index (Phi) is 827. The van der Waals surface area contributed by atoms with E-state index in [0.29, 0.717) is 0 Å². The van der Waals surface area contributed by atoms with Crippen LogP contribution < -0.4 is 18.9 Å². The largest absolute Gasteiger partial charge is 2.00 e. The molecule has 0 aromatic carbocycles. The molecule has 2 nitrogen and oxygen atoms in total. The molecule has 5 heteroatoms. The third kappa shape index (κ3) is 29.4. The standard InChI is InChI=1S/Li.Mn.Ni.2O.H/q+1;2*+2;2*-2;-1. The van der Waals surface area contributed by atoms with Gasteiger partial charge < -0.3 is 12.4 Å². The van der Waals surface area contributed by atoms with Gasteiger partial charge >= 0.3 is 52.4 Å². The van der Waals surface area contributed by atoms with E-state index < -0.39 is 0 Å². The van der Waals surface area contributed by atoms with Gasteiger partial charge in [0.2, 0.25) is 0 Å². The monoisotopic (exact) mass is 153 g/mol. The summed E-state index contributed by atoms with van der Waals surface area (Å²) < 4.78 is 0. The molecule has 5 heavy (non-hydrogen) atoms. The summed E-state index contributed by atoms with van der Waals surface area (Å²) >= 11 is 0. The molecule has 0 heterocycles. The van der Waals surface area contributed by atoms with Gasteiger partial charge in [-0.25, -0.2) is 0 Å². The van der Waals surface area contributed by atoms with Gasteiger partial charge in [-0.2, -0.15) is 0 Å². The summed E-state index contributed by atoms with van der Waals surface area (Å²) in [6.07, 6.45) is 0. The van der Waals surface area contributed by atoms with E-state index in [1.807, 2.05) is 0 Å². The van der Waals surface area contributed by atoms with Crippen LogP contribution in [0.3, 0.4) is 0 Å². The smallest absolute Gasteiger partial charge is 2.00 e. The third-order valence-electron chi connectivity index (χ3n) is 0. The van der Waals surface area contributed by atoms with Crippen molar-refractivity contribution in [1.29, 1.82) is 0 Å². The summed E-state index contributed by atoms with van der Waals surface area (Å²) in [6, 6.07) is 0. The van der Waals surface area contributed by atoms with Gasteiger partial charge in [0.1, 0.15) is 0 Å². The zero-order valence-electron chi connectivity index (χ0n) is 3.51. The molecular weight excluding hydrogens is 153 g/mol. The normalized spacial score (nSPS) is 0. The first-order chi connectivity index (χ1) is 0. The van der Waals surface area contributed by atoms with Crippen molar-refractivity contribution in [3.05, 3.63) is 0 Å². The van der Waals surface area contributed by atoms with Gasteiger partial charge in [-0.05, 0) is 0 Å². The van der Waals surface area contributed by atoms with Crippen molar-refractivity contribution in [2.24, 2.45) is 0 Å². The van der Waals surface area contributed by atoms with Gasteiger partial charge in [0.25, 0.3) is 0 Å². The molecular formula is HLiMnNiO2. The second kappa shape index (κ2) is 48.5. The molecule has 0 bridgehead atoms. The van der Waals surface area contributed by atoms with Crippen molar-refractivity contribution in [2.45, 2.75) is 0 Å². The fourth-order valence-electron chi connectivity index (χ4n) is 0. The fraction of sp³-hybridized carbons (Fsp3) is 0. The van der Waals surface area contributed by atoms with Crippen LogP contribution in [0.5, 0.6) is 0 Å². The van der Waals surface area contributed by atoms with Crippen LogP contribution in [0.15, 0.2) is 0 Å². The Labute approximate surface area is 64.8 Å². The van der Waals surface area contributed by atoms with Crippen LogP contribution in [-0.4, -0.2) is 0 Å². The minimum Gasteiger partial charge on any atom is -2.00 e. The predicted octanol–water partition coefficient (Wildman–Crippen LogP) is -3.13. The minimum absolute atomic E-state index is 0. The summed E-state index contributed by atoms with van der Waals surface area (Å²) in [5.74, 6) is 0. The average Bonchev–Trinajstić information content (AvgIpc) is 0. The SMILES string of the molecule is [H-].[Li+].[Mn+2].[Ni+2].[O-2].[O-2]. The summed E-state index contributed by atoms with van der Waals surface area (Å²) in [5, 5.41) is 0. The Morgan fingerprint density at radius 3 is 1.00 bits per heavy atom. The van der Waals surface area contributed by atoms with Gasteiger partial charge in [0.15, 0.2) is 0 Å². The predicted molar refractivity (Wildman–Crippen MR) is 2.49 cm³/mol. The van der Waals surface area contributed by atoms with Crippen LogP contribution in [-0.2, 0) is 44.5 Å². The van der Waals surface area contributed by atoms with Gasteiger partial charge in [-0.1, -0.05) is 0 Å². The van der Waals surface area contributed by atoms with Gasteiger partial charge in [-0.3, -0.25) is 0 Å². The molecule has 0 unspecified atom stereocenters. The van der Waals surface area contributed by atoms with Crippen LogP contribution in [0.4, 0.5) is 0 Å². The van der Waals surface area contributed by atoms with Crippen molar-refractivity contribution in [2.75, 3.05) is 0 Å². The van der Waals surface area contributed by atoms with E-state index in [0.717, 1.165) is 0 Å². The molecule has 0 fully saturated rings. The van der Waals surface area contributed by atoms with Crippen LogP contribution in [0.2, 0.25) is 0 Å². The van der Waals surface area contributed by atoms with Crippen molar-refractivity contribution in [3.8, 4) is 0 Å². The van der Waals surface area contributed by atoms with E-state index in [1.54, 1.807) is 0 Å². The maximum absolute atomic E-state index is 0. The van der Waals surface area contributed by atoms with Crippen LogP contribution in [0.1, 0.15) is 1.43 Å². The van der Waals surface area contributed by atoms with Crippen molar-refractivity contribution < 1.29 is 64.8 Å². The van der Waals surface area contributed by atoms with Crippen LogP contribution >= 0.6 is 0 Å². The summed E-state index contributed by atoms with van der Waals surface area (Å²) in [5.41, 5.74) is 0. The zero-order chi connectivity index (χ0) is 0. The molecule has 0 saturated heterocycles. The van der Waals surface area contributed by atoms with Crippen molar-refractivity contribution in [3.63, 3.8) is 0 Å². The molecule has 1 radical (unpaired) electrons. The molecule has 0 aliphatic heterocycles.